The number of anilines is 1. The van der Waals surface area contributed by atoms with E-state index in [-0.39, 0.29) is 23.4 Å². The lowest BCUT2D eigenvalue weighted by molar-refractivity contribution is 0.0527. The van der Waals surface area contributed by atoms with Gasteiger partial charge in [0.15, 0.2) is 0 Å². The summed E-state index contributed by atoms with van der Waals surface area (Å²) in [7, 11) is 0. The van der Waals surface area contributed by atoms with Crippen LogP contribution in [0.5, 0.6) is 0 Å². The number of esters is 1. The molecule has 72 valence electrons. The van der Waals surface area contributed by atoms with Crippen molar-refractivity contribution >= 4 is 11.7 Å². The van der Waals surface area contributed by atoms with E-state index in [1.807, 2.05) is 6.07 Å². The first-order valence-electron chi connectivity index (χ1n) is 4.01. The Balaban J connectivity index is 3.11. The lowest BCUT2D eigenvalue weighted by Crippen LogP contribution is -2.09. The van der Waals surface area contributed by atoms with Crippen molar-refractivity contribution < 1.29 is 9.53 Å². The molecule has 0 atom stereocenters. The molecule has 5 heteroatoms. The van der Waals surface area contributed by atoms with Crippen LogP contribution in [-0.2, 0) is 4.74 Å². The zero-order valence-electron chi connectivity index (χ0n) is 7.65. The van der Waals surface area contributed by atoms with Crippen molar-refractivity contribution in [3.05, 3.63) is 23.5 Å². The molecule has 1 aromatic heterocycles. The standard InChI is InChI=1S/C9H9N3O2/c1-2-14-9(13)7-5-12-4-6(3-10)8(7)11/h4-5H,2H2,1H3,(H2,11,12). The van der Waals surface area contributed by atoms with Gasteiger partial charge in [0.1, 0.15) is 11.6 Å². The molecule has 5 nitrogen and oxygen atoms in total. The SMILES string of the molecule is CCOC(=O)c1cncc(C#N)c1N. The first kappa shape index (κ1) is 9.99. The number of carbonyl (C=O) groups excluding carboxylic acids is 1. The van der Waals surface area contributed by atoms with Gasteiger partial charge in [0, 0.05) is 12.4 Å². The summed E-state index contributed by atoms with van der Waals surface area (Å²) in [5.41, 5.74) is 5.98. The number of nitrogens with zero attached hydrogens (tertiary/aromatic N) is 2. The van der Waals surface area contributed by atoms with Crippen molar-refractivity contribution in [3.8, 4) is 6.07 Å². The second kappa shape index (κ2) is 4.23. The van der Waals surface area contributed by atoms with Gasteiger partial charge in [0.2, 0.25) is 0 Å². The fourth-order valence-electron chi connectivity index (χ4n) is 0.931. The smallest absolute Gasteiger partial charge is 0.341 e. The molecule has 2 N–H and O–H groups in total. The molecule has 0 unspecified atom stereocenters. The normalized spacial score (nSPS) is 9.14. The maximum absolute atomic E-state index is 11.3. The average molecular weight is 191 g/mol. The Kier molecular flexibility index (Phi) is 3.02. The van der Waals surface area contributed by atoms with E-state index < -0.39 is 5.97 Å². The summed E-state index contributed by atoms with van der Waals surface area (Å²) >= 11 is 0. The minimum atomic E-state index is -0.561. The topological polar surface area (TPSA) is 89.0 Å². The third-order valence-electron chi connectivity index (χ3n) is 1.60. The predicted molar refractivity (Wildman–Crippen MR) is 49.3 cm³/mol. The van der Waals surface area contributed by atoms with Crippen molar-refractivity contribution in [2.45, 2.75) is 6.92 Å². The van der Waals surface area contributed by atoms with Crippen LogP contribution in [0.2, 0.25) is 0 Å². The van der Waals surface area contributed by atoms with E-state index in [9.17, 15) is 4.79 Å². The largest absolute Gasteiger partial charge is 0.462 e. The van der Waals surface area contributed by atoms with E-state index >= 15 is 0 Å². The molecule has 0 aliphatic heterocycles. The first-order chi connectivity index (χ1) is 6.70. The summed E-state index contributed by atoms with van der Waals surface area (Å²) in [5.74, 6) is -0.561. The van der Waals surface area contributed by atoms with Crippen molar-refractivity contribution in [3.63, 3.8) is 0 Å². The number of nitriles is 1. The summed E-state index contributed by atoms with van der Waals surface area (Å²) in [6.07, 6.45) is 2.59. The number of nitrogens with two attached hydrogens (primary N) is 1. The maximum atomic E-state index is 11.3. The van der Waals surface area contributed by atoms with Crippen LogP contribution in [0.4, 0.5) is 5.69 Å². The number of nitrogen functional groups attached to an aromatic ring is 1. The van der Waals surface area contributed by atoms with Gasteiger partial charge < -0.3 is 10.5 Å². The van der Waals surface area contributed by atoms with Crippen LogP contribution in [0, 0.1) is 11.3 Å². The number of pyridine rings is 1. The second-order valence-corrected chi connectivity index (χ2v) is 2.48. The van der Waals surface area contributed by atoms with Gasteiger partial charge in [-0.1, -0.05) is 0 Å². The Morgan fingerprint density at radius 2 is 2.43 bits per heavy atom. The molecule has 1 rings (SSSR count). The highest BCUT2D eigenvalue weighted by molar-refractivity contribution is 5.95. The van der Waals surface area contributed by atoms with Crippen LogP contribution in [0.25, 0.3) is 0 Å². The van der Waals surface area contributed by atoms with E-state index in [1.54, 1.807) is 6.92 Å². The second-order valence-electron chi connectivity index (χ2n) is 2.48. The zero-order valence-corrected chi connectivity index (χ0v) is 7.65. The lowest BCUT2D eigenvalue weighted by atomic mass is 10.1. The molecule has 0 aliphatic rings. The van der Waals surface area contributed by atoms with Gasteiger partial charge in [0.25, 0.3) is 0 Å². The van der Waals surface area contributed by atoms with Crippen molar-refractivity contribution in [1.82, 2.24) is 4.98 Å². The minimum absolute atomic E-state index is 0.112. The highest BCUT2D eigenvalue weighted by atomic mass is 16.5. The molecular weight excluding hydrogens is 182 g/mol. The Morgan fingerprint density at radius 1 is 1.71 bits per heavy atom. The maximum Gasteiger partial charge on any atom is 0.341 e. The Bertz CT molecular complexity index is 396. The molecule has 0 amide bonds. The van der Waals surface area contributed by atoms with Gasteiger partial charge in [-0.2, -0.15) is 5.26 Å². The third kappa shape index (κ3) is 1.80. The number of ether oxygens (including phenoxy) is 1. The summed E-state index contributed by atoms with van der Waals surface area (Å²) in [4.78, 5) is 15.0. The van der Waals surface area contributed by atoms with Crippen LogP contribution < -0.4 is 5.73 Å². The van der Waals surface area contributed by atoms with Gasteiger partial charge in [-0.25, -0.2) is 4.79 Å². The highest BCUT2D eigenvalue weighted by Crippen LogP contribution is 2.15. The number of aromatic nitrogens is 1. The van der Waals surface area contributed by atoms with E-state index in [4.69, 9.17) is 15.7 Å². The number of hydrogen-bond acceptors (Lipinski definition) is 5. The molecule has 0 spiro atoms. The lowest BCUT2D eigenvalue weighted by Gasteiger charge is -2.04. The van der Waals surface area contributed by atoms with Crippen LogP contribution in [0.15, 0.2) is 12.4 Å². The van der Waals surface area contributed by atoms with Crippen LogP contribution in [0.3, 0.4) is 0 Å². The van der Waals surface area contributed by atoms with Gasteiger partial charge in [-0.3, -0.25) is 4.98 Å². The summed E-state index contributed by atoms with van der Waals surface area (Å²) in [5, 5.41) is 8.63. The van der Waals surface area contributed by atoms with Gasteiger partial charge in [0.05, 0.1) is 17.9 Å². The van der Waals surface area contributed by atoms with Gasteiger partial charge in [-0.15, -0.1) is 0 Å². The van der Waals surface area contributed by atoms with E-state index in [0.717, 1.165) is 0 Å². The summed E-state index contributed by atoms with van der Waals surface area (Å²) in [6, 6.07) is 1.84. The van der Waals surface area contributed by atoms with Crippen molar-refractivity contribution in [2.75, 3.05) is 12.3 Å². The zero-order chi connectivity index (χ0) is 10.6. The molecule has 0 radical (unpaired) electrons. The molecule has 0 aliphatic carbocycles. The molecule has 0 saturated heterocycles. The number of rotatable bonds is 2. The quantitative estimate of drug-likeness (QED) is 0.695. The van der Waals surface area contributed by atoms with Crippen LogP contribution in [-0.4, -0.2) is 17.6 Å². The summed E-state index contributed by atoms with van der Waals surface area (Å²) in [6.45, 7) is 1.95. The molecule has 1 heterocycles. The van der Waals surface area contributed by atoms with Crippen molar-refractivity contribution in [2.24, 2.45) is 0 Å². The van der Waals surface area contributed by atoms with Gasteiger partial charge >= 0.3 is 5.97 Å². The Hall–Kier alpha value is -2.09. The average Bonchev–Trinajstić information content (AvgIpc) is 2.18. The van der Waals surface area contributed by atoms with Crippen LogP contribution >= 0.6 is 0 Å². The predicted octanol–water partition coefficient (Wildman–Crippen LogP) is 0.712. The molecule has 0 fully saturated rings. The fourth-order valence-corrected chi connectivity index (χ4v) is 0.931. The molecule has 14 heavy (non-hydrogen) atoms. The third-order valence-corrected chi connectivity index (χ3v) is 1.60. The van der Waals surface area contributed by atoms with E-state index in [2.05, 4.69) is 4.98 Å². The van der Waals surface area contributed by atoms with Crippen LogP contribution in [0.1, 0.15) is 22.8 Å². The molecular formula is C9H9N3O2. The van der Waals surface area contributed by atoms with Crippen molar-refractivity contribution in [1.29, 1.82) is 5.26 Å². The fraction of sp³-hybridized carbons (Fsp3) is 0.222. The number of hydrogen-bond donors (Lipinski definition) is 1. The molecule has 1 aromatic rings. The molecule has 0 bridgehead atoms. The van der Waals surface area contributed by atoms with E-state index in [1.165, 1.54) is 12.4 Å². The van der Waals surface area contributed by atoms with E-state index in [0.29, 0.717) is 0 Å². The first-order valence-corrected chi connectivity index (χ1v) is 4.01. The van der Waals surface area contributed by atoms with Gasteiger partial charge in [-0.05, 0) is 6.92 Å². The molecule has 0 aromatic carbocycles. The summed E-state index contributed by atoms with van der Waals surface area (Å²) < 4.78 is 4.74. The number of carbonyl (C=O) groups is 1. The minimum Gasteiger partial charge on any atom is -0.462 e. The highest BCUT2D eigenvalue weighted by Gasteiger charge is 2.13. The molecule has 0 saturated carbocycles. The Labute approximate surface area is 81.1 Å². The Morgan fingerprint density at radius 3 is 3.00 bits per heavy atom. The monoisotopic (exact) mass is 191 g/mol.